The summed E-state index contributed by atoms with van der Waals surface area (Å²) >= 11 is 0. The first-order chi connectivity index (χ1) is 9.07. The molecule has 1 aromatic rings. The largest absolute Gasteiger partial charge is 0.483 e. The van der Waals surface area contributed by atoms with E-state index in [1.165, 1.54) is 16.7 Å². The van der Waals surface area contributed by atoms with Crippen LogP contribution in [0, 0.1) is 0 Å². The van der Waals surface area contributed by atoms with Crippen LogP contribution in [0.25, 0.3) is 0 Å². The minimum Gasteiger partial charge on any atom is -0.483 e. The standard InChI is InChI=1S/C18H20O/c1-13-12-18(2,3)19-16-11-7-10-15(17(13)16)14-8-5-4-6-9-14/h4-9,11-12,15H,10H2,1-3H3/t15-/m1/s1. The summed E-state index contributed by atoms with van der Waals surface area (Å²) in [5.41, 5.74) is 3.87. The molecule has 0 N–H and O–H groups in total. The minimum atomic E-state index is -0.203. The fourth-order valence-corrected chi connectivity index (χ4v) is 3.15. The molecule has 98 valence electrons. The zero-order valence-corrected chi connectivity index (χ0v) is 11.8. The Morgan fingerprint density at radius 2 is 1.89 bits per heavy atom. The first-order valence-electron chi connectivity index (χ1n) is 6.91. The predicted molar refractivity (Wildman–Crippen MR) is 78.9 cm³/mol. The molecule has 1 aliphatic carbocycles. The Kier molecular flexibility index (Phi) is 2.85. The molecule has 0 bridgehead atoms. The zero-order valence-electron chi connectivity index (χ0n) is 11.8. The van der Waals surface area contributed by atoms with E-state index in [-0.39, 0.29) is 5.60 Å². The second kappa shape index (κ2) is 4.41. The molecule has 1 atom stereocenters. The summed E-state index contributed by atoms with van der Waals surface area (Å²) in [5.74, 6) is 1.47. The monoisotopic (exact) mass is 252 g/mol. The Labute approximate surface area is 115 Å². The number of benzene rings is 1. The van der Waals surface area contributed by atoms with E-state index in [0.717, 1.165) is 12.2 Å². The first-order valence-corrected chi connectivity index (χ1v) is 6.91. The van der Waals surface area contributed by atoms with Crippen LogP contribution in [0.1, 0.15) is 38.7 Å². The number of hydrogen-bond acceptors (Lipinski definition) is 1. The van der Waals surface area contributed by atoms with Crippen LogP contribution in [-0.2, 0) is 4.74 Å². The molecule has 0 amide bonds. The van der Waals surface area contributed by atoms with Crippen molar-refractivity contribution in [3.63, 3.8) is 0 Å². The van der Waals surface area contributed by atoms with E-state index in [2.05, 4.69) is 69.3 Å². The zero-order chi connectivity index (χ0) is 13.5. The quantitative estimate of drug-likeness (QED) is 0.701. The Morgan fingerprint density at radius 1 is 1.16 bits per heavy atom. The van der Waals surface area contributed by atoms with Crippen LogP contribution in [0.5, 0.6) is 0 Å². The highest BCUT2D eigenvalue weighted by atomic mass is 16.5. The molecule has 1 aliphatic heterocycles. The molecule has 0 saturated carbocycles. The van der Waals surface area contributed by atoms with Crippen LogP contribution >= 0.6 is 0 Å². The van der Waals surface area contributed by atoms with Gasteiger partial charge in [0.15, 0.2) is 0 Å². The molecule has 0 spiro atoms. The van der Waals surface area contributed by atoms with Gasteiger partial charge in [0.1, 0.15) is 11.4 Å². The summed E-state index contributed by atoms with van der Waals surface area (Å²) in [6.45, 7) is 6.43. The molecule has 0 fully saturated rings. The molecule has 3 rings (SSSR count). The van der Waals surface area contributed by atoms with E-state index in [1.807, 2.05) is 0 Å². The van der Waals surface area contributed by atoms with Crippen LogP contribution in [0.15, 0.2) is 65.5 Å². The third-order valence-electron chi connectivity index (χ3n) is 3.82. The van der Waals surface area contributed by atoms with Gasteiger partial charge in [-0.05, 0) is 50.5 Å². The Hall–Kier alpha value is -1.76. The van der Waals surface area contributed by atoms with Gasteiger partial charge < -0.3 is 4.74 Å². The van der Waals surface area contributed by atoms with Gasteiger partial charge in [-0.3, -0.25) is 0 Å². The normalized spacial score (nSPS) is 24.6. The third kappa shape index (κ3) is 2.25. The van der Waals surface area contributed by atoms with E-state index in [4.69, 9.17) is 4.74 Å². The molecule has 2 aliphatic rings. The predicted octanol–water partition coefficient (Wildman–Crippen LogP) is 4.74. The molecule has 0 unspecified atom stereocenters. The van der Waals surface area contributed by atoms with Crippen molar-refractivity contribution in [1.29, 1.82) is 0 Å². The molecule has 0 saturated heterocycles. The Morgan fingerprint density at radius 3 is 2.63 bits per heavy atom. The third-order valence-corrected chi connectivity index (χ3v) is 3.82. The van der Waals surface area contributed by atoms with E-state index in [1.54, 1.807) is 0 Å². The van der Waals surface area contributed by atoms with Crippen molar-refractivity contribution in [2.24, 2.45) is 0 Å². The molecule has 19 heavy (non-hydrogen) atoms. The summed E-state index contributed by atoms with van der Waals surface area (Å²) in [6.07, 6.45) is 7.65. The van der Waals surface area contributed by atoms with Crippen LogP contribution in [-0.4, -0.2) is 5.60 Å². The molecule has 0 aromatic heterocycles. The fourth-order valence-electron chi connectivity index (χ4n) is 3.15. The fraction of sp³-hybridized carbons (Fsp3) is 0.333. The van der Waals surface area contributed by atoms with Crippen molar-refractivity contribution >= 4 is 0 Å². The average Bonchev–Trinajstić information content (AvgIpc) is 2.37. The average molecular weight is 252 g/mol. The highest BCUT2D eigenvalue weighted by Gasteiger charge is 2.31. The molecule has 1 heterocycles. The minimum absolute atomic E-state index is 0.203. The van der Waals surface area contributed by atoms with E-state index < -0.39 is 0 Å². The summed E-state index contributed by atoms with van der Waals surface area (Å²) < 4.78 is 6.12. The van der Waals surface area contributed by atoms with Crippen molar-refractivity contribution < 1.29 is 4.74 Å². The molecular formula is C18H20O. The van der Waals surface area contributed by atoms with Gasteiger partial charge in [-0.15, -0.1) is 0 Å². The van der Waals surface area contributed by atoms with Crippen LogP contribution in [0.3, 0.4) is 0 Å². The lowest BCUT2D eigenvalue weighted by molar-refractivity contribution is 0.0777. The maximum atomic E-state index is 6.12. The van der Waals surface area contributed by atoms with Gasteiger partial charge in [0.2, 0.25) is 0 Å². The lowest BCUT2D eigenvalue weighted by Gasteiger charge is -2.36. The van der Waals surface area contributed by atoms with Crippen molar-refractivity contribution in [1.82, 2.24) is 0 Å². The van der Waals surface area contributed by atoms with Crippen molar-refractivity contribution in [2.75, 3.05) is 0 Å². The molecule has 0 radical (unpaired) electrons. The number of allylic oxidation sites excluding steroid dienone is 4. The van der Waals surface area contributed by atoms with E-state index in [9.17, 15) is 0 Å². The molecular weight excluding hydrogens is 232 g/mol. The van der Waals surface area contributed by atoms with Crippen LogP contribution in [0.2, 0.25) is 0 Å². The molecule has 1 heteroatoms. The van der Waals surface area contributed by atoms with Gasteiger partial charge in [0.05, 0.1) is 0 Å². The summed E-state index contributed by atoms with van der Waals surface area (Å²) in [5, 5.41) is 0. The Bertz CT molecular complexity index is 573. The van der Waals surface area contributed by atoms with Gasteiger partial charge in [0.25, 0.3) is 0 Å². The number of rotatable bonds is 1. The van der Waals surface area contributed by atoms with Gasteiger partial charge in [-0.1, -0.05) is 36.4 Å². The van der Waals surface area contributed by atoms with Crippen molar-refractivity contribution in [2.45, 2.75) is 38.7 Å². The smallest absolute Gasteiger partial charge is 0.124 e. The Balaban J connectivity index is 2.05. The first kappa shape index (κ1) is 12.3. The van der Waals surface area contributed by atoms with E-state index in [0.29, 0.717) is 5.92 Å². The lowest BCUT2D eigenvalue weighted by Crippen LogP contribution is -2.28. The summed E-state index contributed by atoms with van der Waals surface area (Å²) in [4.78, 5) is 0. The SMILES string of the molecule is CC1=CC(C)(C)OC2=C1[C@@H](c1ccccc1)CC=C2. The number of ether oxygens (including phenoxy) is 1. The van der Waals surface area contributed by atoms with Gasteiger partial charge >= 0.3 is 0 Å². The second-order valence-corrected chi connectivity index (χ2v) is 5.91. The highest BCUT2D eigenvalue weighted by Crippen LogP contribution is 2.43. The second-order valence-electron chi connectivity index (χ2n) is 5.91. The van der Waals surface area contributed by atoms with Gasteiger partial charge in [0, 0.05) is 11.5 Å². The van der Waals surface area contributed by atoms with Gasteiger partial charge in [-0.25, -0.2) is 0 Å². The number of hydrogen-bond donors (Lipinski definition) is 0. The highest BCUT2D eigenvalue weighted by molar-refractivity contribution is 5.50. The van der Waals surface area contributed by atoms with Gasteiger partial charge in [-0.2, -0.15) is 0 Å². The van der Waals surface area contributed by atoms with Crippen LogP contribution < -0.4 is 0 Å². The van der Waals surface area contributed by atoms with Crippen molar-refractivity contribution in [3.8, 4) is 0 Å². The van der Waals surface area contributed by atoms with Crippen molar-refractivity contribution in [3.05, 3.63) is 71.0 Å². The maximum absolute atomic E-state index is 6.12. The molecule has 1 aromatic carbocycles. The van der Waals surface area contributed by atoms with Crippen LogP contribution in [0.4, 0.5) is 0 Å². The lowest BCUT2D eigenvalue weighted by atomic mass is 9.79. The van der Waals surface area contributed by atoms with E-state index >= 15 is 0 Å². The summed E-state index contributed by atoms with van der Waals surface area (Å²) in [6, 6.07) is 10.7. The molecule has 1 nitrogen and oxygen atoms in total. The summed E-state index contributed by atoms with van der Waals surface area (Å²) in [7, 11) is 0. The topological polar surface area (TPSA) is 9.23 Å². The maximum Gasteiger partial charge on any atom is 0.124 e.